The minimum absolute atomic E-state index is 0.130. The molecule has 1 fully saturated rings. The molecular formula is C15H21N5O3S. The third-order valence-electron chi connectivity index (χ3n) is 4.16. The van der Waals surface area contributed by atoms with E-state index < -0.39 is 10.0 Å². The Labute approximate surface area is 140 Å². The van der Waals surface area contributed by atoms with E-state index in [1.807, 2.05) is 25.1 Å². The second-order valence-corrected chi connectivity index (χ2v) is 8.01. The van der Waals surface area contributed by atoms with Crippen LogP contribution in [0.25, 0.3) is 5.69 Å². The van der Waals surface area contributed by atoms with Crippen LogP contribution < -0.4 is 5.69 Å². The lowest BCUT2D eigenvalue weighted by atomic mass is 10.1. The average Bonchev–Trinajstić information content (AvgIpc) is 2.97. The van der Waals surface area contributed by atoms with Gasteiger partial charge in [0.05, 0.1) is 17.5 Å². The summed E-state index contributed by atoms with van der Waals surface area (Å²) in [7, 11) is -3.27. The number of sulfonamides is 1. The molecule has 0 N–H and O–H groups in total. The van der Waals surface area contributed by atoms with Gasteiger partial charge in [-0.05, 0) is 41.8 Å². The van der Waals surface area contributed by atoms with Crippen molar-refractivity contribution in [3.05, 3.63) is 40.8 Å². The first-order valence-corrected chi connectivity index (χ1v) is 9.71. The number of piperidine rings is 1. The number of rotatable bonds is 5. The van der Waals surface area contributed by atoms with Crippen LogP contribution in [-0.2, 0) is 10.0 Å². The molecule has 8 nitrogen and oxygen atoms in total. The Bertz CT molecular complexity index is 843. The van der Waals surface area contributed by atoms with Gasteiger partial charge in [0, 0.05) is 13.1 Å². The topological polar surface area (TPSA) is 90.1 Å². The molecule has 2 heterocycles. The molecule has 1 saturated heterocycles. The van der Waals surface area contributed by atoms with Crippen molar-refractivity contribution in [1.29, 1.82) is 0 Å². The average molecular weight is 351 g/mol. The summed E-state index contributed by atoms with van der Waals surface area (Å²) in [5.41, 5.74) is 0.293. The van der Waals surface area contributed by atoms with E-state index in [1.54, 1.807) is 12.1 Å². The lowest BCUT2D eigenvalue weighted by Gasteiger charge is -2.31. The predicted molar refractivity (Wildman–Crippen MR) is 89.5 cm³/mol. The number of benzene rings is 1. The van der Waals surface area contributed by atoms with Gasteiger partial charge in [0.2, 0.25) is 10.0 Å². The van der Waals surface area contributed by atoms with Crippen molar-refractivity contribution in [2.24, 2.45) is 0 Å². The highest BCUT2D eigenvalue weighted by Gasteiger charge is 2.31. The molecule has 1 aromatic heterocycles. The Hall–Kier alpha value is -2.00. The summed E-state index contributed by atoms with van der Waals surface area (Å²) in [6.07, 6.45) is 2.00. The lowest BCUT2D eigenvalue weighted by molar-refractivity contribution is 0.247. The second kappa shape index (κ2) is 6.86. The molecule has 0 radical (unpaired) electrons. The maximum absolute atomic E-state index is 12.6. The number of para-hydroxylation sites is 1. The molecule has 9 heteroatoms. The Morgan fingerprint density at radius 1 is 1.21 bits per heavy atom. The van der Waals surface area contributed by atoms with Crippen LogP contribution in [0.2, 0.25) is 0 Å². The Kier molecular flexibility index (Phi) is 4.81. The molecule has 0 spiro atoms. The van der Waals surface area contributed by atoms with Gasteiger partial charge in [0.15, 0.2) is 0 Å². The zero-order chi connectivity index (χ0) is 17.2. The summed E-state index contributed by atoms with van der Waals surface area (Å²) in [5.74, 6) is 0.130. The van der Waals surface area contributed by atoms with Crippen molar-refractivity contribution >= 4 is 10.0 Å². The van der Waals surface area contributed by atoms with E-state index in [-0.39, 0.29) is 24.0 Å². The fraction of sp³-hybridized carbons (Fsp3) is 0.533. The van der Waals surface area contributed by atoms with Crippen LogP contribution in [0, 0.1) is 0 Å². The normalized spacial score (nSPS) is 19.5. The lowest BCUT2D eigenvalue weighted by Crippen LogP contribution is -2.44. The number of tetrazole rings is 1. The van der Waals surface area contributed by atoms with E-state index in [4.69, 9.17) is 0 Å². The van der Waals surface area contributed by atoms with Gasteiger partial charge < -0.3 is 0 Å². The fourth-order valence-corrected chi connectivity index (χ4v) is 4.56. The smallest absolute Gasteiger partial charge is 0.244 e. The highest BCUT2D eigenvalue weighted by Crippen LogP contribution is 2.22. The SMILES string of the molecule is CCCS(=O)(=O)N1CCCC(n2nnn(-c3ccccc3)c2=O)C1. The monoisotopic (exact) mass is 351 g/mol. The van der Waals surface area contributed by atoms with Crippen LogP contribution in [0.15, 0.2) is 35.1 Å². The van der Waals surface area contributed by atoms with Crippen LogP contribution in [-0.4, -0.2) is 51.4 Å². The van der Waals surface area contributed by atoms with Gasteiger partial charge in [-0.3, -0.25) is 0 Å². The zero-order valence-corrected chi connectivity index (χ0v) is 14.4. The molecule has 0 aliphatic carbocycles. The highest BCUT2D eigenvalue weighted by molar-refractivity contribution is 7.89. The Balaban J connectivity index is 1.85. The Morgan fingerprint density at radius 3 is 2.67 bits per heavy atom. The van der Waals surface area contributed by atoms with E-state index in [1.165, 1.54) is 13.7 Å². The maximum atomic E-state index is 12.6. The summed E-state index contributed by atoms with van der Waals surface area (Å²) in [5, 5.41) is 7.91. The summed E-state index contributed by atoms with van der Waals surface area (Å²) in [4.78, 5) is 12.6. The molecule has 1 unspecified atom stereocenters. The molecule has 1 atom stereocenters. The summed E-state index contributed by atoms with van der Waals surface area (Å²) < 4.78 is 28.6. The van der Waals surface area contributed by atoms with E-state index >= 15 is 0 Å². The molecule has 24 heavy (non-hydrogen) atoms. The largest absolute Gasteiger partial charge is 0.368 e. The van der Waals surface area contributed by atoms with Gasteiger partial charge in [-0.15, -0.1) is 0 Å². The molecule has 1 aliphatic rings. The second-order valence-electron chi connectivity index (χ2n) is 5.92. The Morgan fingerprint density at radius 2 is 1.96 bits per heavy atom. The molecule has 0 amide bonds. The molecule has 2 aromatic rings. The predicted octanol–water partition coefficient (Wildman–Crippen LogP) is 0.806. The minimum Gasteiger partial charge on any atom is -0.244 e. The van der Waals surface area contributed by atoms with E-state index in [2.05, 4.69) is 10.4 Å². The number of hydrogen-bond donors (Lipinski definition) is 0. The molecule has 130 valence electrons. The van der Waals surface area contributed by atoms with Gasteiger partial charge in [0.25, 0.3) is 0 Å². The third kappa shape index (κ3) is 3.27. The third-order valence-corrected chi connectivity index (χ3v) is 6.21. The molecule has 3 rings (SSSR count). The van der Waals surface area contributed by atoms with Crippen molar-refractivity contribution in [3.8, 4) is 5.69 Å². The summed E-state index contributed by atoms with van der Waals surface area (Å²) in [6.45, 7) is 2.62. The van der Waals surface area contributed by atoms with Gasteiger partial charge in [-0.1, -0.05) is 25.1 Å². The van der Waals surface area contributed by atoms with Crippen LogP contribution >= 0.6 is 0 Å². The summed E-state index contributed by atoms with van der Waals surface area (Å²) >= 11 is 0. The van der Waals surface area contributed by atoms with Crippen LogP contribution in [0.1, 0.15) is 32.2 Å². The van der Waals surface area contributed by atoms with Crippen LogP contribution in [0.5, 0.6) is 0 Å². The first-order valence-electron chi connectivity index (χ1n) is 8.10. The fourth-order valence-electron chi connectivity index (χ4n) is 2.98. The van der Waals surface area contributed by atoms with Gasteiger partial charge in [-0.25, -0.2) is 13.2 Å². The molecule has 0 bridgehead atoms. The van der Waals surface area contributed by atoms with E-state index in [9.17, 15) is 13.2 Å². The van der Waals surface area contributed by atoms with Crippen LogP contribution in [0.4, 0.5) is 0 Å². The first kappa shape index (κ1) is 16.8. The number of hydrogen-bond acceptors (Lipinski definition) is 5. The van der Waals surface area contributed by atoms with Crippen molar-refractivity contribution in [1.82, 2.24) is 24.1 Å². The highest BCUT2D eigenvalue weighted by atomic mass is 32.2. The molecule has 1 aromatic carbocycles. The van der Waals surface area contributed by atoms with Crippen LogP contribution in [0.3, 0.4) is 0 Å². The van der Waals surface area contributed by atoms with Crippen molar-refractivity contribution < 1.29 is 8.42 Å². The summed E-state index contributed by atoms with van der Waals surface area (Å²) in [6, 6.07) is 8.77. The van der Waals surface area contributed by atoms with Crippen molar-refractivity contribution in [3.63, 3.8) is 0 Å². The van der Waals surface area contributed by atoms with Gasteiger partial charge >= 0.3 is 5.69 Å². The quantitative estimate of drug-likeness (QED) is 0.795. The minimum atomic E-state index is -3.27. The van der Waals surface area contributed by atoms with Crippen molar-refractivity contribution in [2.75, 3.05) is 18.8 Å². The van der Waals surface area contributed by atoms with Crippen molar-refractivity contribution in [2.45, 2.75) is 32.2 Å². The molecular weight excluding hydrogens is 330 g/mol. The first-order chi connectivity index (χ1) is 11.5. The molecule has 0 saturated carbocycles. The number of aromatic nitrogens is 4. The molecule has 1 aliphatic heterocycles. The van der Waals surface area contributed by atoms with Gasteiger partial charge in [-0.2, -0.15) is 13.7 Å². The standard InChI is InChI=1S/C15H21N5O3S/c1-2-11-24(22,23)18-10-6-9-14(12-18)20-15(21)19(16-17-20)13-7-4-3-5-8-13/h3-5,7-8,14H,2,6,9-12H2,1H3. The van der Waals surface area contributed by atoms with E-state index in [0.717, 1.165) is 0 Å². The van der Waals surface area contributed by atoms with E-state index in [0.29, 0.717) is 31.5 Å². The zero-order valence-electron chi connectivity index (χ0n) is 13.6. The maximum Gasteiger partial charge on any atom is 0.368 e. The van der Waals surface area contributed by atoms with Gasteiger partial charge in [0.1, 0.15) is 0 Å². The number of nitrogens with zero attached hydrogens (tertiary/aromatic N) is 5.